The number of rotatable bonds is 8. The summed E-state index contributed by atoms with van der Waals surface area (Å²) in [6.45, 7) is 19.8. The molecule has 0 N–H and O–H groups in total. The zero-order valence-corrected chi connectivity index (χ0v) is 25.3. The number of fused-ring (bicyclic) bond motifs is 2. The summed E-state index contributed by atoms with van der Waals surface area (Å²) in [5.74, 6) is 0.494. The quantitative estimate of drug-likeness (QED) is 0.0894. The van der Waals surface area contributed by atoms with Gasteiger partial charge in [-0.3, -0.25) is 9.78 Å². The molecule has 0 aliphatic heterocycles. The second-order valence-corrected chi connectivity index (χ2v) is 13.8. The van der Waals surface area contributed by atoms with Gasteiger partial charge in [0.1, 0.15) is 11.2 Å². The first kappa shape index (κ1) is 31.2. The van der Waals surface area contributed by atoms with Gasteiger partial charge in [0.25, 0.3) is 0 Å². The van der Waals surface area contributed by atoms with Crippen molar-refractivity contribution >= 4 is 33.9 Å². The van der Waals surface area contributed by atoms with E-state index < -0.39 is 23.5 Å². The molecule has 0 bridgehead atoms. The number of ether oxygens (including phenoxy) is 2. The molecule has 0 amide bonds. The van der Waals surface area contributed by atoms with Gasteiger partial charge in [0.2, 0.25) is 0 Å². The lowest BCUT2D eigenvalue weighted by atomic mass is 9.84. The van der Waals surface area contributed by atoms with Gasteiger partial charge in [0, 0.05) is 21.5 Å². The van der Waals surface area contributed by atoms with Crippen LogP contribution in [0.1, 0.15) is 82.1 Å². The molecule has 0 fully saturated rings. The van der Waals surface area contributed by atoms with Crippen LogP contribution in [0.3, 0.4) is 0 Å². The topological polar surface area (TPSA) is 89.5 Å². The fourth-order valence-electron chi connectivity index (χ4n) is 5.38. The molecular formula is C32H42O8. The lowest BCUT2D eigenvalue weighted by Gasteiger charge is -2.30. The lowest BCUT2D eigenvalue weighted by Crippen LogP contribution is -2.32. The second kappa shape index (κ2) is 11.6. The Labute approximate surface area is 236 Å². The van der Waals surface area contributed by atoms with Crippen LogP contribution in [0.4, 0.5) is 9.59 Å². The van der Waals surface area contributed by atoms with Gasteiger partial charge >= 0.3 is 12.3 Å². The molecule has 0 aliphatic carbocycles. The van der Waals surface area contributed by atoms with E-state index in [1.807, 2.05) is 27.7 Å². The zero-order valence-electron chi connectivity index (χ0n) is 25.3. The molecule has 3 rings (SSSR count). The fourth-order valence-corrected chi connectivity index (χ4v) is 5.38. The molecular weight excluding hydrogens is 512 g/mol. The van der Waals surface area contributed by atoms with Crippen LogP contribution >= 0.6 is 0 Å². The Morgan fingerprint density at radius 2 is 0.800 bits per heavy atom. The zero-order chi connectivity index (χ0) is 29.9. The smallest absolute Gasteiger partial charge is 0.392 e. The first-order valence-electron chi connectivity index (χ1n) is 13.4. The van der Waals surface area contributed by atoms with Gasteiger partial charge in [0.05, 0.1) is 0 Å². The molecule has 0 saturated carbocycles. The molecule has 40 heavy (non-hydrogen) atoms. The van der Waals surface area contributed by atoms with E-state index in [0.717, 1.165) is 0 Å². The Hall–Kier alpha value is -3.36. The summed E-state index contributed by atoms with van der Waals surface area (Å²) in [4.78, 5) is 46.6. The summed E-state index contributed by atoms with van der Waals surface area (Å²) in [6.07, 6.45) is -0.726. The molecule has 0 unspecified atom stereocenters. The van der Waals surface area contributed by atoms with E-state index in [4.69, 9.17) is 29.0 Å². The third-order valence-corrected chi connectivity index (χ3v) is 5.79. The van der Waals surface area contributed by atoms with Crippen LogP contribution in [-0.4, -0.2) is 23.5 Å². The standard InChI is InChI=1S/C32H42O8/c1-29(2,3)19-31(7,8)39-37-27(33)35-25-21-15-11-13-17-23(21)26(24-18-14-12-16-22(24)25)36-28(34)38-40-32(9,10)20-30(4,5)6/h11-18H,19-20H2,1-10H3. The summed E-state index contributed by atoms with van der Waals surface area (Å²) < 4.78 is 11.4. The van der Waals surface area contributed by atoms with Gasteiger partial charge < -0.3 is 9.47 Å². The molecule has 0 radical (unpaired) electrons. The van der Waals surface area contributed by atoms with Crippen molar-refractivity contribution in [2.24, 2.45) is 10.8 Å². The van der Waals surface area contributed by atoms with Gasteiger partial charge in [-0.05, 0) is 51.4 Å². The van der Waals surface area contributed by atoms with Crippen LogP contribution in [0.15, 0.2) is 48.5 Å². The van der Waals surface area contributed by atoms with Crippen molar-refractivity contribution in [3.05, 3.63) is 48.5 Å². The average molecular weight is 555 g/mol. The van der Waals surface area contributed by atoms with Crippen LogP contribution in [0.2, 0.25) is 0 Å². The highest BCUT2D eigenvalue weighted by Gasteiger charge is 2.31. The maximum Gasteiger partial charge on any atom is 0.546 e. The van der Waals surface area contributed by atoms with E-state index in [9.17, 15) is 9.59 Å². The number of benzene rings is 3. The molecule has 0 saturated heterocycles. The maximum atomic E-state index is 12.8. The van der Waals surface area contributed by atoms with Gasteiger partial charge in [-0.1, -0.05) is 90.1 Å². The minimum absolute atomic E-state index is 0.0342. The van der Waals surface area contributed by atoms with Crippen molar-refractivity contribution in [1.29, 1.82) is 0 Å². The molecule has 3 aromatic rings. The Morgan fingerprint density at radius 1 is 0.525 bits per heavy atom. The summed E-state index contributed by atoms with van der Waals surface area (Å²) >= 11 is 0. The number of hydrogen-bond acceptors (Lipinski definition) is 8. The normalized spacial score (nSPS) is 12.8. The van der Waals surface area contributed by atoms with Crippen molar-refractivity contribution in [2.75, 3.05) is 0 Å². The highest BCUT2D eigenvalue weighted by molar-refractivity contribution is 6.12. The van der Waals surface area contributed by atoms with Crippen LogP contribution in [0, 0.1) is 10.8 Å². The van der Waals surface area contributed by atoms with Crippen molar-refractivity contribution in [3.8, 4) is 11.5 Å². The van der Waals surface area contributed by atoms with Crippen LogP contribution < -0.4 is 9.47 Å². The van der Waals surface area contributed by atoms with E-state index in [1.54, 1.807) is 48.5 Å². The minimum Gasteiger partial charge on any atom is -0.392 e. The molecule has 218 valence electrons. The predicted molar refractivity (Wildman–Crippen MR) is 154 cm³/mol. The lowest BCUT2D eigenvalue weighted by molar-refractivity contribution is -0.318. The second-order valence-electron chi connectivity index (χ2n) is 13.8. The van der Waals surface area contributed by atoms with Crippen molar-refractivity contribution < 1.29 is 38.6 Å². The van der Waals surface area contributed by atoms with Gasteiger partial charge in [-0.15, -0.1) is 0 Å². The monoisotopic (exact) mass is 554 g/mol. The van der Waals surface area contributed by atoms with Crippen LogP contribution in [-0.2, 0) is 19.6 Å². The summed E-state index contributed by atoms with van der Waals surface area (Å²) in [6, 6.07) is 14.2. The molecule has 0 atom stereocenters. The number of carbonyl (C=O) groups excluding carboxylic acids is 2. The van der Waals surface area contributed by atoms with E-state index in [1.165, 1.54) is 0 Å². The van der Waals surface area contributed by atoms with Gasteiger partial charge in [-0.2, -0.15) is 9.78 Å². The van der Waals surface area contributed by atoms with Gasteiger partial charge in [0.15, 0.2) is 11.5 Å². The fraction of sp³-hybridized carbons (Fsp3) is 0.500. The third kappa shape index (κ3) is 8.83. The van der Waals surface area contributed by atoms with Crippen LogP contribution in [0.5, 0.6) is 11.5 Å². The molecule has 3 aromatic carbocycles. The average Bonchev–Trinajstić information content (AvgIpc) is 2.80. The van der Waals surface area contributed by atoms with E-state index in [0.29, 0.717) is 34.4 Å². The highest BCUT2D eigenvalue weighted by atomic mass is 17.2. The molecule has 8 nitrogen and oxygen atoms in total. The SMILES string of the molecule is CC(C)(C)CC(C)(C)OOC(=O)Oc1c2ccccc2c(OC(=O)OOC(C)(C)CC(C)(C)C)c2ccccc12. The first-order valence-corrected chi connectivity index (χ1v) is 13.4. The summed E-state index contributed by atoms with van der Waals surface area (Å²) in [5.41, 5.74) is -1.51. The highest BCUT2D eigenvalue weighted by Crippen LogP contribution is 2.43. The Morgan fingerprint density at radius 3 is 1.05 bits per heavy atom. The van der Waals surface area contributed by atoms with Gasteiger partial charge in [-0.25, -0.2) is 9.59 Å². The third-order valence-electron chi connectivity index (χ3n) is 5.79. The van der Waals surface area contributed by atoms with E-state index in [-0.39, 0.29) is 22.3 Å². The number of hydrogen-bond donors (Lipinski definition) is 0. The summed E-state index contributed by atoms with van der Waals surface area (Å²) in [7, 11) is 0. The molecule has 0 aromatic heterocycles. The molecule has 0 aliphatic rings. The molecule has 0 spiro atoms. The Balaban J connectivity index is 1.88. The summed E-state index contributed by atoms with van der Waals surface area (Å²) in [5, 5.41) is 2.13. The van der Waals surface area contributed by atoms with E-state index in [2.05, 4.69) is 41.5 Å². The van der Waals surface area contributed by atoms with Crippen LogP contribution in [0.25, 0.3) is 21.5 Å². The minimum atomic E-state index is -1.01. The van der Waals surface area contributed by atoms with Crippen molar-refractivity contribution in [3.63, 3.8) is 0 Å². The molecule has 0 heterocycles. The Bertz CT molecular complexity index is 1200. The largest absolute Gasteiger partial charge is 0.546 e. The van der Waals surface area contributed by atoms with E-state index >= 15 is 0 Å². The molecule has 8 heteroatoms. The van der Waals surface area contributed by atoms with Crippen molar-refractivity contribution in [2.45, 2.75) is 93.3 Å². The van der Waals surface area contributed by atoms with Crippen molar-refractivity contribution in [1.82, 2.24) is 0 Å². The predicted octanol–water partition coefficient (Wildman–Crippen LogP) is 9.32. The first-order chi connectivity index (χ1) is 18.4. The Kier molecular flexibility index (Phi) is 9.06. The number of carbonyl (C=O) groups is 2. The maximum absolute atomic E-state index is 12.8.